The highest BCUT2D eigenvalue weighted by molar-refractivity contribution is 6.22. The summed E-state index contributed by atoms with van der Waals surface area (Å²) in [6, 6.07) is 3.34. The summed E-state index contributed by atoms with van der Waals surface area (Å²) in [5.74, 6) is 1.53. The van der Waals surface area contributed by atoms with Crippen LogP contribution in [-0.4, -0.2) is 34.1 Å². The van der Waals surface area contributed by atoms with E-state index in [2.05, 4.69) is 15.3 Å². The first kappa shape index (κ1) is 17.0. The van der Waals surface area contributed by atoms with Gasteiger partial charge in [0.2, 0.25) is 5.88 Å². The molecule has 1 aromatic heterocycles. The lowest BCUT2D eigenvalue weighted by Gasteiger charge is -2.16. The lowest BCUT2D eigenvalue weighted by Crippen LogP contribution is -2.40. The van der Waals surface area contributed by atoms with Gasteiger partial charge in [-0.3, -0.25) is 9.78 Å². The molecule has 1 aromatic carbocycles. The Morgan fingerprint density at radius 1 is 1.21 bits per heavy atom. The summed E-state index contributed by atoms with van der Waals surface area (Å²) < 4.78 is 12.0. The minimum atomic E-state index is -0.983. The number of fused-ring (bicyclic) bond motifs is 2. The predicted octanol–water partition coefficient (Wildman–Crippen LogP) is 2.84. The zero-order valence-electron chi connectivity index (χ0n) is 15.9. The van der Waals surface area contributed by atoms with Gasteiger partial charge in [0.1, 0.15) is 17.0 Å². The molecule has 0 unspecified atom stereocenters. The lowest BCUT2D eigenvalue weighted by molar-refractivity contribution is -0.121. The Kier molecular flexibility index (Phi) is 3.29. The van der Waals surface area contributed by atoms with E-state index >= 15 is 0 Å². The number of hydrogen-bond acceptors (Lipinski definition) is 6. The number of anilines is 1. The van der Waals surface area contributed by atoms with Crippen molar-refractivity contribution < 1.29 is 19.1 Å². The van der Waals surface area contributed by atoms with E-state index in [0.29, 0.717) is 12.4 Å². The highest BCUT2D eigenvalue weighted by atomic mass is 16.5. The number of imide groups is 1. The van der Waals surface area contributed by atoms with E-state index in [1.807, 2.05) is 19.1 Å². The first-order valence-corrected chi connectivity index (χ1v) is 9.24. The number of aryl methyl sites for hydroxylation is 1. The number of urea groups is 1. The van der Waals surface area contributed by atoms with Crippen LogP contribution in [0.2, 0.25) is 0 Å². The van der Waals surface area contributed by atoms with Crippen molar-refractivity contribution in [1.29, 1.82) is 0 Å². The van der Waals surface area contributed by atoms with E-state index in [1.54, 1.807) is 13.8 Å². The number of ether oxygens (including phenoxy) is 2. The molecule has 2 aliphatic heterocycles. The fourth-order valence-corrected chi connectivity index (χ4v) is 3.83. The molecule has 3 heterocycles. The summed E-state index contributed by atoms with van der Waals surface area (Å²) in [7, 11) is 0. The van der Waals surface area contributed by atoms with Crippen LogP contribution in [0.5, 0.6) is 17.4 Å². The third-order valence-electron chi connectivity index (χ3n) is 5.60. The molecule has 3 amide bonds. The van der Waals surface area contributed by atoms with E-state index in [1.165, 1.54) is 12.4 Å². The number of carbonyl (C=O) groups is 2. The summed E-state index contributed by atoms with van der Waals surface area (Å²) in [6.45, 7) is 5.98. The third-order valence-corrected chi connectivity index (χ3v) is 5.60. The SMILES string of the molecule is Cc1ccc(Oc2cncc(N3C(=O)NC(C)(C)C3=O)n2)c2c1OCC21CC1. The summed E-state index contributed by atoms with van der Waals surface area (Å²) in [5, 5.41) is 2.63. The van der Waals surface area contributed by atoms with Crippen LogP contribution in [0.3, 0.4) is 0 Å². The van der Waals surface area contributed by atoms with Crippen LogP contribution in [0.25, 0.3) is 0 Å². The van der Waals surface area contributed by atoms with Crippen molar-refractivity contribution in [1.82, 2.24) is 15.3 Å². The highest BCUT2D eigenvalue weighted by Crippen LogP contribution is 2.59. The monoisotopic (exact) mass is 380 g/mol. The average molecular weight is 380 g/mol. The van der Waals surface area contributed by atoms with Gasteiger partial charge < -0.3 is 14.8 Å². The molecule has 2 aromatic rings. The van der Waals surface area contributed by atoms with Gasteiger partial charge in [-0.25, -0.2) is 9.69 Å². The molecule has 5 rings (SSSR count). The van der Waals surface area contributed by atoms with Crippen LogP contribution in [0, 0.1) is 6.92 Å². The molecule has 0 bridgehead atoms. The molecule has 144 valence electrons. The molecule has 1 N–H and O–H groups in total. The van der Waals surface area contributed by atoms with Crippen molar-refractivity contribution >= 4 is 17.8 Å². The van der Waals surface area contributed by atoms with Crippen molar-refractivity contribution in [3.05, 3.63) is 35.7 Å². The van der Waals surface area contributed by atoms with E-state index in [4.69, 9.17) is 9.47 Å². The first-order chi connectivity index (χ1) is 13.3. The quantitative estimate of drug-likeness (QED) is 0.823. The molecule has 2 fully saturated rings. The van der Waals surface area contributed by atoms with Crippen molar-refractivity contribution in [3.8, 4) is 17.4 Å². The Labute approximate surface area is 161 Å². The van der Waals surface area contributed by atoms with Crippen LogP contribution in [0.4, 0.5) is 10.6 Å². The van der Waals surface area contributed by atoms with Crippen LogP contribution in [0.15, 0.2) is 24.5 Å². The molecule has 0 radical (unpaired) electrons. The van der Waals surface area contributed by atoms with Gasteiger partial charge in [-0.15, -0.1) is 0 Å². The van der Waals surface area contributed by atoms with E-state index < -0.39 is 11.6 Å². The predicted molar refractivity (Wildman–Crippen MR) is 99.8 cm³/mol. The van der Waals surface area contributed by atoms with Gasteiger partial charge in [0.25, 0.3) is 5.91 Å². The smallest absolute Gasteiger partial charge is 0.330 e. The Hall–Kier alpha value is -3.16. The fourth-order valence-electron chi connectivity index (χ4n) is 3.83. The fraction of sp³-hybridized carbons (Fsp3) is 0.400. The van der Waals surface area contributed by atoms with Crippen LogP contribution in [0.1, 0.15) is 37.8 Å². The zero-order chi connectivity index (χ0) is 19.7. The molecule has 1 spiro atoms. The number of benzene rings is 1. The lowest BCUT2D eigenvalue weighted by atomic mass is 9.95. The second-order valence-electron chi connectivity index (χ2n) is 8.17. The van der Waals surface area contributed by atoms with Gasteiger partial charge in [-0.1, -0.05) is 6.07 Å². The Morgan fingerprint density at radius 2 is 2.00 bits per heavy atom. The summed E-state index contributed by atoms with van der Waals surface area (Å²) >= 11 is 0. The third kappa shape index (κ3) is 2.37. The van der Waals surface area contributed by atoms with Crippen molar-refractivity contribution in [2.24, 2.45) is 0 Å². The first-order valence-electron chi connectivity index (χ1n) is 9.24. The largest absolute Gasteiger partial charge is 0.492 e. The van der Waals surface area contributed by atoms with Gasteiger partial charge in [0.15, 0.2) is 5.82 Å². The standard InChI is InChI=1S/C20H20N4O4/c1-11-4-5-12(15-16(11)27-10-20(15)6-7-20)28-14-9-21-8-13(22-14)24-17(25)19(2,3)23-18(24)26/h4-5,8-9H,6-7,10H2,1-3H3,(H,23,26). The van der Waals surface area contributed by atoms with Gasteiger partial charge in [-0.05, 0) is 45.2 Å². The molecule has 0 atom stereocenters. The van der Waals surface area contributed by atoms with E-state index in [-0.39, 0.29) is 23.0 Å². The summed E-state index contributed by atoms with van der Waals surface area (Å²) in [6.07, 6.45) is 4.98. The maximum absolute atomic E-state index is 12.5. The Bertz CT molecular complexity index is 1030. The Morgan fingerprint density at radius 3 is 2.68 bits per heavy atom. The summed E-state index contributed by atoms with van der Waals surface area (Å²) in [5.41, 5.74) is 1.21. The average Bonchev–Trinajstić information content (AvgIpc) is 3.25. The highest BCUT2D eigenvalue weighted by Gasteiger charge is 2.53. The number of nitrogens with one attached hydrogen (secondary N) is 1. The van der Waals surface area contributed by atoms with E-state index in [9.17, 15) is 9.59 Å². The zero-order valence-corrected chi connectivity index (χ0v) is 15.9. The normalized spacial score (nSPS) is 20.8. The second kappa shape index (κ2) is 5.43. The second-order valence-corrected chi connectivity index (χ2v) is 8.17. The molecule has 8 nitrogen and oxygen atoms in total. The minimum absolute atomic E-state index is 0.0382. The molecule has 1 saturated carbocycles. The van der Waals surface area contributed by atoms with Crippen LogP contribution < -0.4 is 19.7 Å². The van der Waals surface area contributed by atoms with Crippen LogP contribution in [-0.2, 0) is 10.2 Å². The molecule has 1 saturated heterocycles. The van der Waals surface area contributed by atoms with Crippen molar-refractivity contribution in [3.63, 3.8) is 0 Å². The molecular weight excluding hydrogens is 360 g/mol. The maximum Gasteiger partial charge on any atom is 0.330 e. The number of nitrogens with zero attached hydrogens (tertiary/aromatic N) is 3. The van der Waals surface area contributed by atoms with E-state index in [0.717, 1.165) is 34.6 Å². The van der Waals surface area contributed by atoms with Gasteiger partial charge in [-0.2, -0.15) is 4.98 Å². The molecular formula is C20H20N4O4. The maximum atomic E-state index is 12.5. The molecule has 8 heteroatoms. The molecule has 3 aliphatic rings. The summed E-state index contributed by atoms with van der Waals surface area (Å²) in [4.78, 5) is 34.2. The molecule has 1 aliphatic carbocycles. The van der Waals surface area contributed by atoms with Crippen LogP contribution >= 0.6 is 0 Å². The number of carbonyl (C=O) groups excluding carboxylic acids is 2. The molecule has 28 heavy (non-hydrogen) atoms. The van der Waals surface area contributed by atoms with Gasteiger partial charge in [0.05, 0.1) is 19.0 Å². The minimum Gasteiger partial charge on any atom is -0.492 e. The Balaban J connectivity index is 1.49. The topological polar surface area (TPSA) is 93.7 Å². The van der Waals surface area contributed by atoms with Crippen molar-refractivity contribution in [2.45, 2.75) is 44.6 Å². The van der Waals surface area contributed by atoms with Gasteiger partial charge >= 0.3 is 6.03 Å². The van der Waals surface area contributed by atoms with Crippen molar-refractivity contribution in [2.75, 3.05) is 11.5 Å². The number of aromatic nitrogens is 2. The number of rotatable bonds is 3. The number of amides is 3. The van der Waals surface area contributed by atoms with Gasteiger partial charge in [0, 0.05) is 11.0 Å². The number of hydrogen-bond donors (Lipinski definition) is 1.